The SMILES string of the molecule is COC(=O)c1ncc(C(F)F)c(Cl)c1C#N. The number of nitrogens with zero attached hydrogens (tertiary/aromatic N) is 2. The van der Waals surface area contributed by atoms with Gasteiger partial charge in [-0.05, 0) is 0 Å². The topological polar surface area (TPSA) is 63.0 Å². The molecule has 4 nitrogen and oxygen atoms in total. The van der Waals surface area contributed by atoms with Gasteiger partial charge in [0.25, 0.3) is 6.43 Å². The molecule has 0 unspecified atom stereocenters. The average molecular weight is 247 g/mol. The summed E-state index contributed by atoms with van der Waals surface area (Å²) >= 11 is 5.56. The van der Waals surface area contributed by atoms with Gasteiger partial charge in [0, 0.05) is 6.20 Å². The fourth-order valence-electron chi connectivity index (χ4n) is 1.01. The molecule has 16 heavy (non-hydrogen) atoms. The van der Waals surface area contributed by atoms with Gasteiger partial charge in [-0.1, -0.05) is 11.6 Å². The number of rotatable bonds is 2. The van der Waals surface area contributed by atoms with Crippen molar-refractivity contribution < 1.29 is 18.3 Å². The summed E-state index contributed by atoms with van der Waals surface area (Å²) in [6, 6.07) is 1.55. The van der Waals surface area contributed by atoms with Crippen LogP contribution in [0.2, 0.25) is 5.02 Å². The molecule has 84 valence electrons. The zero-order chi connectivity index (χ0) is 12.3. The third kappa shape index (κ3) is 2.09. The highest BCUT2D eigenvalue weighted by molar-refractivity contribution is 6.33. The van der Waals surface area contributed by atoms with Crippen LogP contribution in [0.4, 0.5) is 8.78 Å². The summed E-state index contributed by atoms with van der Waals surface area (Å²) in [6.45, 7) is 0. The summed E-state index contributed by atoms with van der Waals surface area (Å²) in [5, 5.41) is 8.24. The molecule has 0 fully saturated rings. The maximum Gasteiger partial charge on any atom is 0.358 e. The van der Waals surface area contributed by atoms with E-state index in [1.54, 1.807) is 6.07 Å². The summed E-state index contributed by atoms with van der Waals surface area (Å²) in [7, 11) is 1.08. The summed E-state index contributed by atoms with van der Waals surface area (Å²) in [6.07, 6.45) is -2.11. The highest BCUT2D eigenvalue weighted by atomic mass is 35.5. The van der Waals surface area contributed by atoms with Gasteiger partial charge in [0.1, 0.15) is 11.6 Å². The van der Waals surface area contributed by atoms with Crippen molar-refractivity contribution in [2.75, 3.05) is 7.11 Å². The fraction of sp³-hybridized carbons (Fsp3) is 0.222. The second-order valence-electron chi connectivity index (χ2n) is 2.66. The number of nitriles is 1. The third-order valence-electron chi connectivity index (χ3n) is 1.77. The smallest absolute Gasteiger partial charge is 0.358 e. The zero-order valence-electron chi connectivity index (χ0n) is 8.00. The van der Waals surface area contributed by atoms with Crippen LogP contribution in [0.25, 0.3) is 0 Å². The lowest BCUT2D eigenvalue weighted by molar-refractivity contribution is 0.0593. The molecule has 0 bridgehead atoms. The minimum absolute atomic E-state index is 0.376. The number of carbonyl (C=O) groups excluding carboxylic acids is 1. The molecule has 1 heterocycles. The van der Waals surface area contributed by atoms with E-state index >= 15 is 0 Å². The molecule has 0 amide bonds. The predicted octanol–water partition coefficient (Wildman–Crippen LogP) is 2.33. The first-order valence-electron chi connectivity index (χ1n) is 3.97. The van der Waals surface area contributed by atoms with Crippen LogP contribution in [0.5, 0.6) is 0 Å². The van der Waals surface area contributed by atoms with Crippen molar-refractivity contribution in [3.05, 3.63) is 28.0 Å². The van der Waals surface area contributed by atoms with E-state index in [0.29, 0.717) is 0 Å². The van der Waals surface area contributed by atoms with Crippen molar-refractivity contribution in [2.24, 2.45) is 0 Å². The molecule has 0 aliphatic heterocycles. The van der Waals surface area contributed by atoms with E-state index in [4.69, 9.17) is 16.9 Å². The van der Waals surface area contributed by atoms with Gasteiger partial charge in [-0.25, -0.2) is 18.6 Å². The van der Waals surface area contributed by atoms with Crippen LogP contribution in [0.3, 0.4) is 0 Å². The molecule has 0 radical (unpaired) electrons. The van der Waals surface area contributed by atoms with E-state index in [2.05, 4.69) is 9.72 Å². The minimum Gasteiger partial charge on any atom is -0.464 e. The number of aromatic nitrogens is 1. The molecule has 1 aromatic heterocycles. The maximum absolute atomic E-state index is 12.4. The van der Waals surface area contributed by atoms with E-state index in [1.807, 2.05) is 0 Å². The highest BCUT2D eigenvalue weighted by Gasteiger charge is 2.22. The Hall–Kier alpha value is -1.74. The molecule has 0 spiro atoms. The normalized spacial score (nSPS) is 10.0. The van der Waals surface area contributed by atoms with Gasteiger partial charge in [-0.2, -0.15) is 5.26 Å². The Bertz CT molecular complexity index is 471. The Kier molecular flexibility index (Phi) is 3.74. The monoisotopic (exact) mass is 246 g/mol. The molecule has 0 aliphatic carbocycles. The molecular weight excluding hydrogens is 242 g/mol. The van der Waals surface area contributed by atoms with Crippen molar-refractivity contribution in [2.45, 2.75) is 6.43 Å². The van der Waals surface area contributed by atoms with Gasteiger partial charge in [-0.15, -0.1) is 0 Å². The number of esters is 1. The molecule has 0 saturated carbocycles. The number of hydrogen-bond donors (Lipinski definition) is 0. The van der Waals surface area contributed by atoms with Gasteiger partial charge < -0.3 is 4.74 Å². The molecule has 1 aromatic rings. The number of halogens is 3. The van der Waals surface area contributed by atoms with Crippen LogP contribution >= 0.6 is 11.6 Å². The number of ether oxygens (including phenoxy) is 1. The summed E-state index contributed by atoms with van der Waals surface area (Å²) in [5.41, 5.74) is -1.38. The predicted molar refractivity (Wildman–Crippen MR) is 50.3 cm³/mol. The van der Waals surface area contributed by atoms with E-state index in [9.17, 15) is 13.6 Å². The zero-order valence-corrected chi connectivity index (χ0v) is 8.76. The lowest BCUT2D eigenvalue weighted by Gasteiger charge is -2.06. The Morgan fingerprint density at radius 2 is 2.31 bits per heavy atom. The van der Waals surface area contributed by atoms with Crippen LogP contribution in [-0.4, -0.2) is 18.1 Å². The molecule has 0 aliphatic rings. The molecule has 0 aromatic carbocycles. The molecule has 7 heteroatoms. The number of methoxy groups -OCH3 is 1. The van der Waals surface area contributed by atoms with Crippen molar-refractivity contribution in [1.29, 1.82) is 5.26 Å². The lowest BCUT2D eigenvalue weighted by Crippen LogP contribution is -2.09. The summed E-state index contributed by atoms with van der Waals surface area (Å²) in [4.78, 5) is 14.6. The molecule has 0 saturated heterocycles. The fourth-order valence-corrected chi connectivity index (χ4v) is 1.27. The second-order valence-corrected chi connectivity index (χ2v) is 3.03. The van der Waals surface area contributed by atoms with E-state index in [1.165, 1.54) is 0 Å². The van der Waals surface area contributed by atoms with E-state index in [0.717, 1.165) is 13.3 Å². The molecule has 0 N–H and O–H groups in total. The van der Waals surface area contributed by atoms with E-state index in [-0.39, 0.29) is 5.69 Å². The first-order chi connectivity index (χ1) is 7.52. The summed E-state index contributed by atoms with van der Waals surface area (Å²) in [5.74, 6) is -0.903. The van der Waals surface area contributed by atoms with Crippen LogP contribution in [0.15, 0.2) is 6.20 Å². The lowest BCUT2D eigenvalue weighted by atomic mass is 10.1. The van der Waals surface area contributed by atoms with Gasteiger partial charge in [0.05, 0.1) is 17.7 Å². The molecule has 0 atom stereocenters. The van der Waals surface area contributed by atoms with Gasteiger partial charge in [-0.3, -0.25) is 0 Å². The average Bonchev–Trinajstić information content (AvgIpc) is 2.26. The van der Waals surface area contributed by atoms with Gasteiger partial charge >= 0.3 is 5.97 Å². The van der Waals surface area contributed by atoms with Crippen molar-refractivity contribution in [1.82, 2.24) is 4.98 Å². The Balaban J connectivity index is 3.42. The van der Waals surface area contributed by atoms with Crippen LogP contribution in [0.1, 0.15) is 28.0 Å². The minimum atomic E-state index is -2.86. The highest BCUT2D eigenvalue weighted by Crippen LogP contribution is 2.30. The maximum atomic E-state index is 12.4. The van der Waals surface area contributed by atoms with Crippen molar-refractivity contribution in [3.8, 4) is 6.07 Å². The van der Waals surface area contributed by atoms with Gasteiger partial charge in [0.2, 0.25) is 0 Å². The number of pyridine rings is 1. The standard InChI is InChI=1S/C9H5ClF2N2O2/c1-16-9(15)7-4(2-13)6(10)5(3-14-7)8(11)12/h3,8H,1H3. The third-order valence-corrected chi connectivity index (χ3v) is 2.18. The quantitative estimate of drug-likeness (QED) is 0.752. The second kappa shape index (κ2) is 4.86. The van der Waals surface area contributed by atoms with Crippen molar-refractivity contribution >= 4 is 17.6 Å². The first kappa shape index (κ1) is 12.3. The Morgan fingerprint density at radius 1 is 1.69 bits per heavy atom. The largest absolute Gasteiger partial charge is 0.464 e. The van der Waals surface area contributed by atoms with Crippen LogP contribution < -0.4 is 0 Å². The molecular formula is C9H5ClF2N2O2. The van der Waals surface area contributed by atoms with E-state index < -0.39 is 28.5 Å². The number of alkyl halides is 2. The van der Waals surface area contributed by atoms with Gasteiger partial charge in [0.15, 0.2) is 5.69 Å². The Morgan fingerprint density at radius 3 is 2.75 bits per heavy atom. The number of carbonyl (C=O) groups is 1. The Labute approximate surface area is 94.4 Å². The van der Waals surface area contributed by atoms with Crippen LogP contribution in [-0.2, 0) is 4.74 Å². The first-order valence-corrected chi connectivity index (χ1v) is 4.35. The molecule has 1 rings (SSSR count). The van der Waals surface area contributed by atoms with Crippen LogP contribution in [0, 0.1) is 11.3 Å². The van der Waals surface area contributed by atoms with Crippen molar-refractivity contribution in [3.63, 3.8) is 0 Å². The number of hydrogen-bond acceptors (Lipinski definition) is 4. The summed E-state index contributed by atoms with van der Waals surface area (Å²) < 4.78 is 29.2.